The van der Waals surface area contributed by atoms with E-state index in [2.05, 4.69) is 20.6 Å². The summed E-state index contributed by atoms with van der Waals surface area (Å²) < 4.78 is 57.7. The van der Waals surface area contributed by atoms with E-state index >= 15 is 0 Å². The number of likely N-dealkylation sites (N-methyl/N-ethyl adjacent to an activating group) is 1. The SMILES string of the molecule is CN1C[C@H](/C=C/C(O)C(F)(F)c2ccccc2)N(CCC(F)(F)CCCc2nn[nH]n2)C1=O. The highest BCUT2D eigenvalue weighted by Crippen LogP contribution is 2.33. The average molecular weight is 470 g/mol. The summed E-state index contributed by atoms with van der Waals surface area (Å²) in [6, 6.07) is 5.69. The molecule has 8 nitrogen and oxygen atoms in total. The lowest BCUT2D eigenvalue weighted by Crippen LogP contribution is -2.37. The van der Waals surface area contributed by atoms with Crippen LogP contribution < -0.4 is 0 Å². The zero-order chi connectivity index (χ0) is 24.1. The third-order valence-electron chi connectivity index (χ3n) is 5.53. The fourth-order valence-electron chi connectivity index (χ4n) is 3.63. The third kappa shape index (κ3) is 6.28. The number of carbonyl (C=O) groups excluding carboxylic acids is 1. The maximum Gasteiger partial charge on any atom is 0.320 e. The minimum absolute atomic E-state index is 0.141. The lowest BCUT2D eigenvalue weighted by molar-refractivity contribution is -0.0929. The Balaban J connectivity index is 1.58. The smallest absolute Gasteiger partial charge is 0.320 e. The van der Waals surface area contributed by atoms with Crippen LogP contribution >= 0.6 is 0 Å². The highest BCUT2D eigenvalue weighted by Gasteiger charge is 2.40. The molecule has 1 aromatic carbocycles. The van der Waals surface area contributed by atoms with Gasteiger partial charge in [0.25, 0.3) is 0 Å². The van der Waals surface area contributed by atoms with Crippen LogP contribution in [0.4, 0.5) is 22.4 Å². The van der Waals surface area contributed by atoms with Crippen molar-refractivity contribution in [3.63, 3.8) is 0 Å². The number of nitrogens with zero attached hydrogens (tertiary/aromatic N) is 5. The number of carbonyl (C=O) groups is 1. The van der Waals surface area contributed by atoms with Gasteiger partial charge in [0.05, 0.1) is 6.04 Å². The molecule has 33 heavy (non-hydrogen) atoms. The number of amides is 2. The number of nitrogens with one attached hydrogen (secondary N) is 1. The molecule has 0 radical (unpaired) electrons. The summed E-state index contributed by atoms with van der Waals surface area (Å²) in [5.74, 6) is -6.22. The summed E-state index contributed by atoms with van der Waals surface area (Å²) >= 11 is 0. The fourth-order valence-corrected chi connectivity index (χ4v) is 3.63. The van der Waals surface area contributed by atoms with Crippen LogP contribution in [0.25, 0.3) is 0 Å². The van der Waals surface area contributed by atoms with E-state index in [0.717, 1.165) is 6.08 Å². The maximum absolute atomic E-state index is 14.5. The van der Waals surface area contributed by atoms with Crippen molar-refractivity contribution in [2.45, 2.75) is 49.7 Å². The van der Waals surface area contributed by atoms with Crippen molar-refractivity contribution < 1.29 is 27.5 Å². The molecule has 0 spiro atoms. The first kappa shape index (κ1) is 24.6. The number of aromatic amines is 1. The number of alkyl halides is 4. The van der Waals surface area contributed by atoms with Crippen molar-refractivity contribution >= 4 is 6.03 Å². The van der Waals surface area contributed by atoms with Crippen molar-refractivity contribution in [3.8, 4) is 0 Å². The van der Waals surface area contributed by atoms with Gasteiger partial charge in [-0.2, -0.15) is 14.0 Å². The van der Waals surface area contributed by atoms with Gasteiger partial charge in [0.1, 0.15) is 6.10 Å². The van der Waals surface area contributed by atoms with Crippen LogP contribution in [0.1, 0.15) is 30.7 Å². The Hall–Kier alpha value is -3.02. The molecule has 0 aliphatic carbocycles. The van der Waals surface area contributed by atoms with Crippen molar-refractivity contribution in [3.05, 3.63) is 53.9 Å². The Morgan fingerprint density at radius 1 is 1.24 bits per heavy atom. The fraction of sp³-hybridized carbons (Fsp3) is 0.524. The zero-order valence-corrected chi connectivity index (χ0v) is 18.0. The minimum atomic E-state index is -3.54. The van der Waals surface area contributed by atoms with Crippen LogP contribution in [0.15, 0.2) is 42.5 Å². The second-order valence-corrected chi connectivity index (χ2v) is 8.03. The van der Waals surface area contributed by atoms with Gasteiger partial charge in [-0.1, -0.05) is 47.7 Å². The molecule has 1 aliphatic rings. The summed E-state index contributed by atoms with van der Waals surface area (Å²) in [7, 11) is 1.50. The molecule has 180 valence electrons. The molecule has 12 heteroatoms. The molecule has 2 heterocycles. The first-order valence-electron chi connectivity index (χ1n) is 10.5. The van der Waals surface area contributed by atoms with Gasteiger partial charge in [0, 0.05) is 45.0 Å². The number of hydrogen-bond acceptors (Lipinski definition) is 5. The summed E-state index contributed by atoms with van der Waals surface area (Å²) in [4.78, 5) is 14.9. The molecule has 2 N–H and O–H groups in total. The number of urea groups is 1. The molecule has 2 atom stereocenters. The number of hydrogen-bond donors (Lipinski definition) is 2. The van der Waals surface area contributed by atoms with Gasteiger partial charge in [0.15, 0.2) is 5.82 Å². The normalized spacial score (nSPS) is 18.5. The lowest BCUT2D eigenvalue weighted by Gasteiger charge is -2.25. The number of benzene rings is 1. The summed E-state index contributed by atoms with van der Waals surface area (Å²) in [5, 5.41) is 23.1. The standard InChI is InChI=1S/C21H26F4N6O2/c1-30-14-16(9-10-17(32)21(24,25)15-6-3-2-4-7-15)31(19(30)33)13-12-20(22,23)11-5-8-18-26-28-29-27-18/h2-4,6-7,9-10,16-17,32H,5,8,11-14H2,1H3,(H,26,27,28,29)/b10-9+/t16-,17?/m0/s1. The van der Waals surface area contributed by atoms with Crippen LogP contribution in [0.2, 0.25) is 0 Å². The van der Waals surface area contributed by atoms with E-state index in [1.807, 2.05) is 0 Å². The molecule has 1 fully saturated rings. The number of halogens is 4. The van der Waals surface area contributed by atoms with Gasteiger partial charge in [0.2, 0.25) is 5.92 Å². The van der Waals surface area contributed by atoms with Gasteiger partial charge in [-0.05, 0) is 6.42 Å². The van der Waals surface area contributed by atoms with Crippen molar-refractivity contribution in [2.75, 3.05) is 20.1 Å². The van der Waals surface area contributed by atoms with E-state index in [1.54, 1.807) is 6.07 Å². The third-order valence-corrected chi connectivity index (χ3v) is 5.53. The zero-order valence-electron chi connectivity index (χ0n) is 18.0. The number of aliphatic hydroxyl groups is 1. The Kier molecular flexibility index (Phi) is 7.67. The van der Waals surface area contributed by atoms with E-state index in [-0.39, 0.29) is 31.5 Å². The monoisotopic (exact) mass is 470 g/mol. The Morgan fingerprint density at radius 2 is 1.97 bits per heavy atom. The molecule has 0 bridgehead atoms. The molecular formula is C21H26F4N6O2. The van der Waals surface area contributed by atoms with E-state index in [4.69, 9.17) is 0 Å². The Bertz CT molecular complexity index is 926. The average Bonchev–Trinajstić information content (AvgIpc) is 3.39. The van der Waals surface area contributed by atoms with Crippen molar-refractivity contribution in [1.82, 2.24) is 30.4 Å². The van der Waals surface area contributed by atoms with Crippen molar-refractivity contribution in [2.24, 2.45) is 0 Å². The second-order valence-electron chi connectivity index (χ2n) is 8.03. The van der Waals surface area contributed by atoms with E-state index in [9.17, 15) is 27.5 Å². The van der Waals surface area contributed by atoms with Crippen LogP contribution in [0.3, 0.4) is 0 Å². The first-order valence-corrected chi connectivity index (χ1v) is 10.5. The highest BCUT2D eigenvalue weighted by molar-refractivity contribution is 5.77. The van der Waals surface area contributed by atoms with Crippen LogP contribution in [0, 0.1) is 0 Å². The largest absolute Gasteiger partial charge is 0.382 e. The molecule has 1 unspecified atom stereocenters. The number of rotatable bonds is 11. The Labute approximate surface area is 188 Å². The number of H-pyrrole nitrogens is 1. The second kappa shape index (κ2) is 10.3. The van der Waals surface area contributed by atoms with Gasteiger partial charge >= 0.3 is 12.0 Å². The predicted molar refractivity (Wildman–Crippen MR) is 111 cm³/mol. The van der Waals surface area contributed by atoms with Crippen LogP contribution in [-0.2, 0) is 12.3 Å². The summed E-state index contributed by atoms with van der Waals surface area (Å²) in [5.41, 5.74) is -0.348. The summed E-state index contributed by atoms with van der Waals surface area (Å²) in [6.07, 6.45) is -0.541. The number of aliphatic hydroxyl groups excluding tert-OH is 1. The van der Waals surface area contributed by atoms with Crippen LogP contribution in [0.5, 0.6) is 0 Å². The molecular weight excluding hydrogens is 444 g/mol. The highest BCUT2D eigenvalue weighted by atomic mass is 19.3. The number of aryl methyl sites for hydroxylation is 1. The summed E-state index contributed by atoms with van der Waals surface area (Å²) in [6.45, 7) is -0.110. The van der Waals surface area contributed by atoms with E-state index < -0.39 is 42.9 Å². The number of aromatic nitrogens is 4. The van der Waals surface area contributed by atoms with Gasteiger partial charge < -0.3 is 14.9 Å². The van der Waals surface area contributed by atoms with Crippen LogP contribution in [-0.4, -0.2) is 79.8 Å². The molecule has 1 aromatic heterocycles. The molecule has 1 saturated heterocycles. The van der Waals surface area contributed by atoms with E-state index in [0.29, 0.717) is 5.82 Å². The quantitative estimate of drug-likeness (QED) is 0.389. The van der Waals surface area contributed by atoms with Gasteiger partial charge in [-0.3, -0.25) is 0 Å². The number of tetrazole rings is 1. The van der Waals surface area contributed by atoms with E-state index in [1.165, 1.54) is 47.2 Å². The molecule has 1 aliphatic heterocycles. The topological polar surface area (TPSA) is 98.2 Å². The lowest BCUT2D eigenvalue weighted by atomic mass is 10.0. The van der Waals surface area contributed by atoms with Gasteiger partial charge in [-0.25, -0.2) is 13.6 Å². The molecule has 3 rings (SSSR count). The van der Waals surface area contributed by atoms with Crippen molar-refractivity contribution in [1.29, 1.82) is 0 Å². The molecule has 2 amide bonds. The van der Waals surface area contributed by atoms with Gasteiger partial charge in [-0.15, -0.1) is 10.2 Å². The molecule has 2 aromatic rings. The predicted octanol–water partition coefficient (Wildman–Crippen LogP) is 2.99. The Morgan fingerprint density at radius 3 is 2.64 bits per heavy atom. The maximum atomic E-state index is 14.5. The minimum Gasteiger partial charge on any atom is -0.382 e. The molecule has 0 saturated carbocycles. The first-order chi connectivity index (χ1) is 15.6.